The molecule has 96 valence electrons. The smallest absolute Gasteiger partial charge is 0.229 e. The van der Waals surface area contributed by atoms with Gasteiger partial charge in [0.1, 0.15) is 5.82 Å². The first kappa shape index (κ1) is 13.6. The van der Waals surface area contributed by atoms with E-state index in [4.69, 9.17) is 11.6 Å². The number of nitrogens with zero attached hydrogens (tertiary/aromatic N) is 3. The Balaban J connectivity index is 2.71. The molecule has 0 saturated heterocycles. The van der Waals surface area contributed by atoms with Crippen molar-refractivity contribution in [3.8, 4) is 5.69 Å². The van der Waals surface area contributed by atoms with E-state index in [1.807, 2.05) is 23.6 Å². The van der Waals surface area contributed by atoms with E-state index in [0.717, 1.165) is 21.5 Å². The molecule has 0 bridgehead atoms. The minimum Gasteiger partial charge on any atom is -0.268 e. The summed E-state index contributed by atoms with van der Waals surface area (Å²) >= 11 is 9.73. The molecule has 0 spiro atoms. The van der Waals surface area contributed by atoms with Crippen molar-refractivity contribution in [2.75, 3.05) is 0 Å². The first-order valence-corrected chi connectivity index (χ1v) is 6.85. The Kier molecular flexibility index (Phi) is 3.52. The molecular formula is C13H15BrClN3. The highest BCUT2D eigenvalue weighted by atomic mass is 79.9. The predicted octanol–water partition coefficient (Wildman–Crippen LogP) is 4.29. The molecule has 1 aromatic heterocycles. The molecule has 0 aliphatic carbocycles. The summed E-state index contributed by atoms with van der Waals surface area (Å²) in [5.41, 5.74) is 2.01. The highest BCUT2D eigenvalue weighted by Gasteiger charge is 2.25. The van der Waals surface area contributed by atoms with E-state index < -0.39 is 0 Å². The maximum atomic E-state index is 6.18. The van der Waals surface area contributed by atoms with Gasteiger partial charge in [0.25, 0.3) is 0 Å². The molecule has 2 rings (SSSR count). The normalized spacial score (nSPS) is 11.9. The van der Waals surface area contributed by atoms with Gasteiger partial charge >= 0.3 is 0 Å². The van der Waals surface area contributed by atoms with E-state index in [2.05, 4.69) is 53.0 Å². The fourth-order valence-corrected chi connectivity index (χ4v) is 2.39. The summed E-state index contributed by atoms with van der Waals surface area (Å²) in [5.74, 6) is 0.846. The van der Waals surface area contributed by atoms with Gasteiger partial charge in [0.15, 0.2) is 0 Å². The molecule has 0 saturated carbocycles. The van der Waals surface area contributed by atoms with Crippen molar-refractivity contribution in [2.45, 2.75) is 33.1 Å². The quantitative estimate of drug-likeness (QED) is 0.782. The maximum absolute atomic E-state index is 6.18. The second-order valence-electron chi connectivity index (χ2n) is 5.33. The van der Waals surface area contributed by atoms with Crippen LogP contribution in [0.2, 0.25) is 5.28 Å². The van der Waals surface area contributed by atoms with E-state index in [1.54, 1.807) is 0 Å². The molecule has 18 heavy (non-hydrogen) atoms. The van der Waals surface area contributed by atoms with E-state index in [0.29, 0.717) is 5.28 Å². The zero-order valence-electron chi connectivity index (χ0n) is 10.8. The Morgan fingerprint density at radius 2 is 1.89 bits per heavy atom. The number of aromatic nitrogens is 3. The lowest BCUT2D eigenvalue weighted by Crippen LogP contribution is -2.18. The average Bonchev–Trinajstić information content (AvgIpc) is 2.63. The Labute approximate surface area is 120 Å². The molecule has 0 fully saturated rings. The number of benzene rings is 1. The average molecular weight is 329 g/mol. The molecule has 0 atom stereocenters. The molecule has 0 aliphatic rings. The summed E-state index contributed by atoms with van der Waals surface area (Å²) < 4.78 is 2.86. The van der Waals surface area contributed by atoms with Gasteiger partial charge in [0.05, 0.1) is 5.69 Å². The minimum absolute atomic E-state index is 0.122. The molecule has 0 aliphatic heterocycles. The summed E-state index contributed by atoms with van der Waals surface area (Å²) in [4.78, 5) is 0. The van der Waals surface area contributed by atoms with Crippen LogP contribution in [0.25, 0.3) is 5.69 Å². The molecule has 1 heterocycles. The fourth-order valence-electron chi connectivity index (χ4n) is 1.76. The molecule has 5 heteroatoms. The summed E-state index contributed by atoms with van der Waals surface area (Å²) in [7, 11) is 0. The van der Waals surface area contributed by atoms with Gasteiger partial charge in [-0.3, -0.25) is 4.57 Å². The molecule has 1 aromatic carbocycles. The van der Waals surface area contributed by atoms with Crippen molar-refractivity contribution in [2.24, 2.45) is 0 Å². The SMILES string of the molecule is Cc1ccc(Br)c(-n2c(Cl)nnc2C(C)(C)C)c1. The first-order valence-electron chi connectivity index (χ1n) is 5.68. The van der Waals surface area contributed by atoms with Crippen LogP contribution < -0.4 is 0 Å². The zero-order chi connectivity index (χ0) is 13.5. The number of hydrogen-bond acceptors (Lipinski definition) is 2. The topological polar surface area (TPSA) is 30.7 Å². The number of aryl methyl sites for hydroxylation is 1. The number of hydrogen-bond donors (Lipinski definition) is 0. The van der Waals surface area contributed by atoms with Gasteiger partial charge in [0, 0.05) is 9.89 Å². The summed E-state index contributed by atoms with van der Waals surface area (Å²) in [6, 6.07) is 6.12. The first-order chi connectivity index (χ1) is 8.30. The van der Waals surface area contributed by atoms with Crippen LogP contribution >= 0.6 is 27.5 Å². The Hall–Kier alpha value is -0.870. The van der Waals surface area contributed by atoms with Crippen LogP contribution in [-0.2, 0) is 5.41 Å². The lowest BCUT2D eigenvalue weighted by Gasteiger charge is -2.20. The van der Waals surface area contributed by atoms with Crippen molar-refractivity contribution in [1.82, 2.24) is 14.8 Å². The Bertz CT molecular complexity index is 584. The van der Waals surface area contributed by atoms with Crippen LogP contribution in [0.4, 0.5) is 0 Å². The van der Waals surface area contributed by atoms with Crippen molar-refractivity contribution in [3.05, 3.63) is 39.3 Å². The summed E-state index contributed by atoms with van der Waals surface area (Å²) in [5, 5.41) is 8.56. The molecule has 3 nitrogen and oxygen atoms in total. The van der Waals surface area contributed by atoms with Gasteiger partial charge in [-0.2, -0.15) is 0 Å². The lowest BCUT2D eigenvalue weighted by atomic mass is 9.95. The zero-order valence-corrected chi connectivity index (χ0v) is 13.2. The van der Waals surface area contributed by atoms with Crippen molar-refractivity contribution >= 4 is 27.5 Å². The highest BCUT2D eigenvalue weighted by molar-refractivity contribution is 9.10. The van der Waals surface area contributed by atoms with E-state index in [-0.39, 0.29) is 5.41 Å². The van der Waals surface area contributed by atoms with Gasteiger partial charge < -0.3 is 0 Å². The van der Waals surface area contributed by atoms with Crippen LogP contribution in [0.1, 0.15) is 32.2 Å². The third-order valence-corrected chi connectivity index (χ3v) is 3.55. The van der Waals surface area contributed by atoms with Crippen LogP contribution in [0.3, 0.4) is 0 Å². The van der Waals surface area contributed by atoms with Crippen molar-refractivity contribution in [1.29, 1.82) is 0 Å². The third-order valence-electron chi connectivity index (χ3n) is 2.64. The van der Waals surface area contributed by atoms with E-state index in [1.165, 1.54) is 0 Å². The maximum Gasteiger partial charge on any atom is 0.229 e. The van der Waals surface area contributed by atoms with E-state index in [9.17, 15) is 0 Å². The van der Waals surface area contributed by atoms with E-state index >= 15 is 0 Å². The monoisotopic (exact) mass is 327 g/mol. The molecule has 0 amide bonds. The molecular weight excluding hydrogens is 314 g/mol. The second-order valence-corrected chi connectivity index (χ2v) is 6.53. The standard InChI is InChI=1S/C13H15BrClN3/c1-8-5-6-9(14)10(7-8)18-11(13(2,3)4)16-17-12(18)15/h5-7H,1-4H3. The fraction of sp³-hybridized carbons (Fsp3) is 0.385. The van der Waals surface area contributed by atoms with Gasteiger partial charge in [-0.05, 0) is 52.2 Å². The van der Waals surface area contributed by atoms with Gasteiger partial charge in [0.2, 0.25) is 5.28 Å². The molecule has 2 aromatic rings. The predicted molar refractivity (Wildman–Crippen MR) is 77.5 cm³/mol. The molecule has 0 unspecified atom stereocenters. The van der Waals surface area contributed by atoms with Gasteiger partial charge in [-0.25, -0.2) is 0 Å². The van der Waals surface area contributed by atoms with Crippen LogP contribution in [0.5, 0.6) is 0 Å². The van der Waals surface area contributed by atoms with Gasteiger partial charge in [-0.1, -0.05) is 26.8 Å². The molecule has 0 N–H and O–H groups in total. The second kappa shape index (κ2) is 4.67. The Morgan fingerprint density at radius 3 is 2.50 bits per heavy atom. The van der Waals surface area contributed by atoms with Crippen molar-refractivity contribution < 1.29 is 0 Å². The summed E-state index contributed by atoms with van der Waals surface area (Å²) in [6.07, 6.45) is 0. The highest BCUT2D eigenvalue weighted by Crippen LogP contribution is 2.30. The van der Waals surface area contributed by atoms with Crippen LogP contribution in [0.15, 0.2) is 22.7 Å². The largest absolute Gasteiger partial charge is 0.268 e. The third kappa shape index (κ3) is 2.45. The van der Waals surface area contributed by atoms with Gasteiger partial charge in [-0.15, -0.1) is 10.2 Å². The number of rotatable bonds is 1. The van der Waals surface area contributed by atoms with Crippen LogP contribution in [-0.4, -0.2) is 14.8 Å². The minimum atomic E-state index is -0.122. The number of halogens is 2. The molecule has 0 radical (unpaired) electrons. The lowest BCUT2D eigenvalue weighted by molar-refractivity contribution is 0.533. The summed E-state index contributed by atoms with van der Waals surface area (Å²) in [6.45, 7) is 8.32. The van der Waals surface area contributed by atoms with Crippen molar-refractivity contribution in [3.63, 3.8) is 0 Å². The Morgan fingerprint density at radius 1 is 1.22 bits per heavy atom. The van der Waals surface area contributed by atoms with Crippen LogP contribution in [0, 0.1) is 6.92 Å².